The summed E-state index contributed by atoms with van der Waals surface area (Å²) in [5.41, 5.74) is 2.86. The van der Waals surface area contributed by atoms with Gasteiger partial charge in [-0.2, -0.15) is 0 Å². The maximum atomic E-state index is 13.0. The van der Waals surface area contributed by atoms with Crippen molar-refractivity contribution in [3.63, 3.8) is 0 Å². The number of carbonyl (C=O) groups is 1. The number of likely N-dealkylation sites (tertiary alicyclic amines) is 1. The lowest BCUT2D eigenvalue weighted by Crippen LogP contribution is -2.29. The van der Waals surface area contributed by atoms with Crippen LogP contribution in [0.4, 0.5) is 5.69 Å². The van der Waals surface area contributed by atoms with Crippen LogP contribution in [-0.2, 0) is 10.0 Å². The van der Waals surface area contributed by atoms with Gasteiger partial charge in [0.25, 0.3) is 15.9 Å². The molecule has 1 amide bonds. The summed E-state index contributed by atoms with van der Waals surface area (Å²) >= 11 is 0. The minimum atomic E-state index is -3.68. The van der Waals surface area contributed by atoms with Gasteiger partial charge in [-0.3, -0.25) is 9.10 Å². The van der Waals surface area contributed by atoms with Gasteiger partial charge < -0.3 is 4.90 Å². The van der Waals surface area contributed by atoms with Crippen LogP contribution >= 0.6 is 0 Å². The zero-order chi connectivity index (χ0) is 18.9. The molecule has 26 heavy (non-hydrogen) atoms. The lowest BCUT2D eigenvalue weighted by atomic mass is 10.1. The number of amides is 1. The highest BCUT2D eigenvalue weighted by Gasteiger charge is 2.25. The lowest BCUT2D eigenvalue weighted by Gasteiger charge is -2.23. The van der Waals surface area contributed by atoms with Gasteiger partial charge in [-0.15, -0.1) is 0 Å². The van der Waals surface area contributed by atoms with Crippen molar-refractivity contribution in [2.45, 2.75) is 31.6 Å². The summed E-state index contributed by atoms with van der Waals surface area (Å²) in [5.74, 6) is -0.0371. The van der Waals surface area contributed by atoms with E-state index in [0.29, 0.717) is 11.3 Å². The first-order valence-electron chi connectivity index (χ1n) is 8.76. The molecule has 5 nitrogen and oxygen atoms in total. The van der Waals surface area contributed by atoms with Crippen LogP contribution in [0.5, 0.6) is 0 Å². The maximum Gasteiger partial charge on any atom is 0.264 e. The van der Waals surface area contributed by atoms with E-state index in [1.54, 1.807) is 42.5 Å². The van der Waals surface area contributed by atoms with Crippen LogP contribution in [0.15, 0.2) is 47.4 Å². The molecular formula is C20H24N2O3S. The summed E-state index contributed by atoms with van der Waals surface area (Å²) in [5, 5.41) is 0. The van der Waals surface area contributed by atoms with Gasteiger partial charge in [-0.05, 0) is 56.5 Å². The van der Waals surface area contributed by atoms with Crippen LogP contribution < -0.4 is 4.31 Å². The van der Waals surface area contributed by atoms with Crippen LogP contribution in [-0.4, -0.2) is 39.4 Å². The van der Waals surface area contributed by atoms with Crippen molar-refractivity contribution in [2.24, 2.45) is 0 Å². The normalized spacial score (nSPS) is 14.5. The molecule has 0 atom stereocenters. The van der Waals surface area contributed by atoms with Crippen molar-refractivity contribution in [3.05, 3.63) is 59.2 Å². The standard InChI is InChI=1S/C20H24N2O3S/c1-15-6-10-18(11-7-15)26(24,25)21(3)19-14-17(9-8-16(19)2)20(23)22-12-4-5-13-22/h6-11,14H,4-5,12-13H2,1-3H3. The Labute approximate surface area is 155 Å². The van der Waals surface area contributed by atoms with Crippen LogP contribution in [0.1, 0.15) is 34.3 Å². The molecule has 0 aliphatic carbocycles. The van der Waals surface area contributed by atoms with Gasteiger partial charge in [-0.25, -0.2) is 8.42 Å². The third kappa shape index (κ3) is 3.46. The fraction of sp³-hybridized carbons (Fsp3) is 0.350. The monoisotopic (exact) mass is 372 g/mol. The van der Waals surface area contributed by atoms with E-state index in [-0.39, 0.29) is 10.8 Å². The molecule has 2 aromatic rings. The molecule has 0 radical (unpaired) electrons. The highest BCUT2D eigenvalue weighted by molar-refractivity contribution is 7.92. The molecule has 0 N–H and O–H groups in total. The van der Waals surface area contributed by atoms with Crippen LogP contribution in [0, 0.1) is 13.8 Å². The molecule has 0 bridgehead atoms. The van der Waals surface area contributed by atoms with Gasteiger partial charge in [0, 0.05) is 25.7 Å². The number of rotatable bonds is 4. The van der Waals surface area contributed by atoms with Gasteiger partial charge in [0.05, 0.1) is 10.6 Å². The largest absolute Gasteiger partial charge is 0.339 e. The highest BCUT2D eigenvalue weighted by Crippen LogP contribution is 2.27. The van der Waals surface area contributed by atoms with Gasteiger partial charge in [0.1, 0.15) is 0 Å². The fourth-order valence-electron chi connectivity index (χ4n) is 3.18. The van der Waals surface area contributed by atoms with E-state index >= 15 is 0 Å². The Bertz CT molecular complexity index is 915. The molecule has 1 heterocycles. The van der Waals surface area contributed by atoms with Crippen molar-refractivity contribution in [3.8, 4) is 0 Å². The molecule has 1 aliphatic heterocycles. The molecule has 138 valence electrons. The molecule has 1 fully saturated rings. The number of sulfonamides is 1. The number of hydrogen-bond acceptors (Lipinski definition) is 3. The molecule has 0 spiro atoms. The summed E-state index contributed by atoms with van der Waals surface area (Å²) < 4.78 is 27.2. The second kappa shape index (κ2) is 7.11. The van der Waals surface area contributed by atoms with Crippen LogP contribution in [0.3, 0.4) is 0 Å². The summed E-state index contributed by atoms with van der Waals surface area (Å²) in [7, 11) is -2.15. The zero-order valence-corrected chi connectivity index (χ0v) is 16.2. The first kappa shape index (κ1) is 18.5. The molecule has 6 heteroatoms. The third-order valence-electron chi connectivity index (χ3n) is 4.87. The van der Waals surface area contributed by atoms with Crippen molar-refractivity contribution in [2.75, 3.05) is 24.4 Å². The second-order valence-electron chi connectivity index (χ2n) is 6.79. The highest BCUT2D eigenvalue weighted by atomic mass is 32.2. The van der Waals surface area contributed by atoms with Crippen molar-refractivity contribution < 1.29 is 13.2 Å². The number of nitrogens with zero attached hydrogens (tertiary/aromatic N) is 2. The minimum absolute atomic E-state index is 0.0371. The quantitative estimate of drug-likeness (QED) is 0.827. The minimum Gasteiger partial charge on any atom is -0.339 e. The Morgan fingerprint density at radius 3 is 2.23 bits per heavy atom. The average molecular weight is 372 g/mol. The van der Waals surface area contributed by atoms with Gasteiger partial charge in [0.15, 0.2) is 0 Å². The first-order valence-corrected chi connectivity index (χ1v) is 10.2. The Morgan fingerprint density at radius 2 is 1.62 bits per heavy atom. The topological polar surface area (TPSA) is 57.7 Å². The Morgan fingerprint density at radius 1 is 1.00 bits per heavy atom. The lowest BCUT2D eigenvalue weighted by molar-refractivity contribution is 0.0793. The number of benzene rings is 2. The van der Waals surface area contributed by atoms with E-state index < -0.39 is 10.0 Å². The van der Waals surface area contributed by atoms with Crippen molar-refractivity contribution in [1.29, 1.82) is 0 Å². The second-order valence-corrected chi connectivity index (χ2v) is 8.76. The average Bonchev–Trinajstić information content (AvgIpc) is 3.16. The number of anilines is 1. The summed E-state index contributed by atoms with van der Waals surface area (Å²) in [6.45, 7) is 5.29. The van der Waals surface area contributed by atoms with Gasteiger partial charge >= 0.3 is 0 Å². The van der Waals surface area contributed by atoms with E-state index in [2.05, 4.69) is 0 Å². The van der Waals surface area contributed by atoms with E-state index in [4.69, 9.17) is 0 Å². The summed E-state index contributed by atoms with van der Waals surface area (Å²) in [6.07, 6.45) is 2.04. The van der Waals surface area contributed by atoms with Gasteiger partial charge in [-0.1, -0.05) is 23.8 Å². The molecule has 1 saturated heterocycles. The number of hydrogen-bond donors (Lipinski definition) is 0. The van der Waals surface area contributed by atoms with Crippen molar-refractivity contribution >= 4 is 21.6 Å². The number of carbonyl (C=O) groups excluding carboxylic acids is 1. The van der Waals surface area contributed by atoms with E-state index in [0.717, 1.165) is 37.1 Å². The SMILES string of the molecule is Cc1ccc(S(=O)(=O)N(C)c2cc(C(=O)N3CCCC3)ccc2C)cc1. The van der Waals surface area contributed by atoms with E-state index in [1.807, 2.05) is 18.7 Å². The smallest absolute Gasteiger partial charge is 0.264 e. The Hall–Kier alpha value is -2.34. The third-order valence-corrected chi connectivity index (χ3v) is 6.65. The molecule has 0 saturated carbocycles. The molecule has 3 rings (SSSR count). The van der Waals surface area contributed by atoms with Crippen LogP contribution in [0.2, 0.25) is 0 Å². The molecule has 1 aliphatic rings. The van der Waals surface area contributed by atoms with Crippen LogP contribution in [0.25, 0.3) is 0 Å². The molecule has 0 unspecified atom stereocenters. The summed E-state index contributed by atoms with van der Waals surface area (Å²) in [4.78, 5) is 14.7. The maximum absolute atomic E-state index is 13.0. The molecular weight excluding hydrogens is 348 g/mol. The molecule has 0 aromatic heterocycles. The fourth-order valence-corrected chi connectivity index (χ4v) is 4.43. The Kier molecular flexibility index (Phi) is 5.05. The Balaban J connectivity index is 1.95. The van der Waals surface area contributed by atoms with E-state index in [9.17, 15) is 13.2 Å². The van der Waals surface area contributed by atoms with Gasteiger partial charge in [0.2, 0.25) is 0 Å². The number of aryl methyl sites for hydroxylation is 2. The first-order chi connectivity index (χ1) is 12.3. The predicted molar refractivity (Wildman–Crippen MR) is 103 cm³/mol. The van der Waals surface area contributed by atoms with Crippen molar-refractivity contribution in [1.82, 2.24) is 4.90 Å². The molecule has 2 aromatic carbocycles. The zero-order valence-electron chi connectivity index (χ0n) is 15.4. The van der Waals surface area contributed by atoms with E-state index in [1.165, 1.54) is 11.4 Å². The predicted octanol–water partition coefficient (Wildman–Crippen LogP) is 3.36. The summed E-state index contributed by atoms with van der Waals surface area (Å²) in [6, 6.07) is 12.0.